The number of amides is 1. The molecule has 0 aliphatic carbocycles. The van der Waals surface area contributed by atoms with E-state index < -0.39 is 5.82 Å². The first-order valence-electron chi connectivity index (χ1n) is 5.82. The van der Waals surface area contributed by atoms with Crippen LogP contribution in [-0.4, -0.2) is 16.1 Å². The minimum absolute atomic E-state index is 0.0386. The number of H-pyrrole nitrogens is 1. The Labute approximate surface area is 110 Å². The summed E-state index contributed by atoms with van der Waals surface area (Å²) in [5.41, 5.74) is 8.42. The maximum Gasteiger partial charge on any atom is 0.251 e. The van der Waals surface area contributed by atoms with E-state index in [1.807, 2.05) is 13.8 Å². The molecule has 100 valence electrons. The fourth-order valence-electron chi connectivity index (χ4n) is 1.79. The first-order chi connectivity index (χ1) is 8.99. The van der Waals surface area contributed by atoms with Crippen LogP contribution >= 0.6 is 0 Å². The zero-order valence-corrected chi connectivity index (χ0v) is 10.7. The van der Waals surface area contributed by atoms with Gasteiger partial charge in [0, 0.05) is 23.4 Å². The number of nitrogen functional groups attached to an aromatic ring is 1. The minimum Gasteiger partial charge on any atom is -0.396 e. The van der Waals surface area contributed by atoms with Crippen molar-refractivity contribution < 1.29 is 9.18 Å². The number of rotatable bonds is 3. The Morgan fingerprint density at radius 1 is 1.47 bits per heavy atom. The van der Waals surface area contributed by atoms with E-state index in [-0.39, 0.29) is 11.6 Å². The summed E-state index contributed by atoms with van der Waals surface area (Å²) >= 11 is 0. The van der Waals surface area contributed by atoms with Crippen LogP contribution in [0.2, 0.25) is 0 Å². The lowest BCUT2D eigenvalue weighted by Gasteiger charge is -2.06. The summed E-state index contributed by atoms with van der Waals surface area (Å²) in [4.78, 5) is 11.9. The van der Waals surface area contributed by atoms with Crippen LogP contribution in [0.25, 0.3) is 0 Å². The van der Waals surface area contributed by atoms with Gasteiger partial charge in [-0.25, -0.2) is 4.39 Å². The van der Waals surface area contributed by atoms with Crippen LogP contribution in [-0.2, 0) is 6.54 Å². The van der Waals surface area contributed by atoms with Crippen molar-refractivity contribution in [1.29, 1.82) is 0 Å². The van der Waals surface area contributed by atoms with Crippen molar-refractivity contribution in [2.75, 3.05) is 5.73 Å². The summed E-state index contributed by atoms with van der Waals surface area (Å²) in [5, 5.41) is 9.65. The number of hydrogen-bond donors (Lipinski definition) is 3. The van der Waals surface area contributed by atoms with Gasteiger partial charge >= 0.3 is 0 Å². The maximum atomic E-state index is 13.0. The second kappa shape index (κ2) is 5.09. The summed E-state index contributed by atoms with van der Waals surface area (Å²) in [6, 6.07) is 3.90. The molecule has 4 N–H and O–H groups in total. The van der Waals surface area contributed by atoms with E-state index >= 15 is 0 Å². The SMILES string of the molecule is Cc1n[nH]c(C)c1CNC(=O)c1ccc(F)c(N)c1. The van der Waals surface area contributed by atoms with E-state index in [9.17, 15) is 9.18 Å². The van der Waals surface area contributed by atoms with Gasteiger partial charge in [-0.2, -0.15) is 5.10 Å². The Kier molecular flexibility index (Phi) is 3.50. The number of nitrogens with one attached hydrogen (secondary N) is 2. The highest BCUT2D eigenvalue weighted by atomic mass is 19.1. The molecule has 0 fully saturated rings. The molecule has 0 spiro atoms. The van der Waals surface area contributed by atoms with Crippen LogP contribution < -0.4 is 11.1 Å². The predicted octanol–water partition coefficient (Wildman–Crippen LogP) is 1.68. The molecule has 5 nitrogen and oxygen atoms in total. The Morgan fingerprint density at radius 2 is 2.21 bits per heavy atom. The van der Waals surface area contributed by atoms with E-state index in [0.29, 0.717) is 12.1 Å². The molecule has 0 aliphatic heterocycles. The Hall–Kier alpha value is -2.37. The summed E-state index contributed by atoms with van der Waals surface area (Å²) in [5.74, 6) is -0.829. The average Bonchev–Trinajstić information content (AvgIpc) is 2.69. The second-order valence-electron chi connectivity index (χ2n) is 4.33. The maximum absolute atomic E-state index is 13.0. The van der Waals surface area contributed by atoms with Gasteiger partial charge in [0.05, 0.1) is 11.4 Å². The fourth-order valence-corrected chi connectivity index (χ4v) is 1.79. The summed E-state index contributed by atoms with van der Waals surface area (Å²) < 4.78 is 13.0. The van der Waals surface area contributed by atoms with Gasteiger partial charge in [0.15, 0.2) is 0 Å². The van der Waals surface area contributed by atoms with Crippen molar-refractivity contribution in [1.82, 2.24) is 15.5 Å². The number of hydrogen-bond acceptors (Lipinski definition) is 3. The third-order valence-corrected chi connectivity index (χ3v) is 2.96. The van der Waals surface area contributed by atoms with Crippen molar-refractivity contribution in [3.63, 3.8) is 0 Å². The number of carbonyl (C=O) groups excluding carboxylic acids is 1. The number of aromatic nitrogens is 2. The molecular weight excluding hydrogens is 247 g/mol. The molecule has 2 aromatic rings. The van der Waals surface area contributed by atoms with Gasteiger partial charge in [0.1, 0.15) is 5.82 Å². The van der Waals surface area contributed by atoms with Crippen LogP contribution in [0, 0.1) is 19.7 Å². The molecular formula is C13H15FN4O. The molecule has 1 heterocycles. The second-order valence-corrected chi connectivity index (χ2v) is 4.33. The van der Waals surface area contributed by atoms with Crippen LogP contribution in [0.4, 0.5) is 10.1 Å². The monoisotopic (exact) mass is 262 g/mol. The number of aryl methyl sites for hydroxylation is 2. The standard InChI is InChI=1S/C13H15FN4O/c1-7-10(8(2)18-17-7)6-16-13(19)9-3-4-11(14)12(15)5-9/h3-5H,6,15H2,1-2H3,(H,16,19)(H,17,18). The van der Waals surface area contributed by atoms with Crippen molar-refractivity contribution in [3.05, 3.63) is 46.5 Å². The number of nitrogens with two attached hydrogens (primary N) is 1. The Balaban J connectivity index is 2.07. The number of halogens is 1. The van der Waals surface area contributed by atoms with Crippen molar-refractivity contribution >= 4 is 11.6 Å². The summed E-state index contributed by atoms with van der Waals surface area (Å²) in [6.45, 7) is 4.11. The van der Waals surface area contributed by atoms with Gasteiger partial charge < -0.3 is 11.1 Å². The zero-order chi connectivity index (χ0) is 14.0. The van der Waals surface area contributed by atoms with Crippen LogP contribution in [0.15, 0.2) is 18.2 Å². The van der Waals surface area contributed by atoms with Gasteiger partial charge in [-0.1, -0.05) is 0 Å². The lowest BCUT2D eigenvalue weighted by Crippen LogP contribution is -2.23. The van der Waals surface area contributed by atoms with E-state index in [1.165, 1.54) is 18.2 Å². The highest BCUT2D eigenvalue weighted by Gasteiger charge is 2.11. The van der Waals surface area contributed by atoms with Gasteiger partial charge in [0.2, 0.25) is 0 Å². The van der Waals surface area contributed by atoms with E-state index in [4.69, 9.17) is 5.73 Å². The molecule has 1 aromatic carbocycles. The van der Waals surface area contributed by atoms with Gasteiger partial charge in [0.25, 0.3) is 5.91 Å². The average molecular weight is 262 g/mol. The van der Waals surface area contributed by atoms with Crippen molar-refractivity contribution in [3.8, 4) is 0 Å². The topological polar surface area (TPSA) is 83.8 Å². The Bertz CT molecular complexity index is 602. The number of anilines is 1. The minimum atomic E-state index is -0.530. The Morgan fingerprint density at radius 3 is 2.79 bits per heavy atom. The third-order valence-electron chi connectivity index (χ3n) is 2.96. The first-order valence-corrected chi connectivity index (χ1v) is 5.82. The number of nitrogens with zero attached hydrogens (tertiary/aromatic N) is 1. The van der Waals surface area contributed by atoms with Crippen LogP contribution in [0.3, 0.4) is 0 Å². The molecule has 0 unspecified atom stereocenters. The third kappa shape index (κ3) is 2.73. The molecule has 19 heavy (non-hydrogen) atoms. The quantitative estimate of drug-likeness (QED) is 0.736. The number of benzene rings is 1. The molecule has 0 atom stereocenters. The number of carbonyl (C=O) groups is 1. The normalized spacial score (nSPS) is 10.5. The van der Waals surface area contributed by atoms with Crippen LogP contribution in [0.5, 0.6) is 0 Å². The zero-order valence-electron chi connectivity index (χ0n) is 10.7. The van der Waals surface area contributed by atoms with Gasteiger partial charge in [-0.3, -0.25) is 9.89 Å². The molecule has 1 amide bonds. The van der Waals surface area contributed by atoms with E-state index in [1.54, 1.807) is 0 Å². The molecule has 2 rings (SSSR count). The van der Waals surface area contributed by atoms with E-state index in [0.717, 1.165) is 17.0 Å². The van der Waals surface area contributed by atoms with E-state index in [2.05, 4.69) is 15.5 Å². The molecule has 1 aromatic heterocycles. The molecule has 0 aliphatic rings. The molecule has 0 bridgehead atoms. The van der Waals surface area contributed by atoms with Gasteiger partial charge in [-0.15, -0.1) is 0 Å². The highest BCUT2D eigenvalue weighted by Crippen LogP contribution is 2.13. The summed E-state index contributed by atoms with van der Waals surface area (Å²) in [6.07, 6.45) is 0. The fraction of sp³-hybridized carbons (Fsp3) is 0.231. The molecule has 6 heteroatoms. The largest absolute Gasteiger partial charge is 0.396 e. The smallest absolute Gasteiger partial charge is 0.251 e. The molecule has 0 radical (unpaired) electrons. The summed E-state index contributed by atoms with van der Waals surface area (Å²) in [7, 11) is 0. The first kappa shape index (κ1) is 13.1. The molecule has 0 saturated heterocycles. The van der Waals surface area contributed by atoms with Crippen molar-refractivity contribution in [2.24, 2.45) is 0 Å². The van der Waals surface area contributed by atoms with Crippen molar-refractivity contribution in [2.45, 2.75) is 20.4 Å². The predicted molar refractivity (Wildman–Crippen MR) is 70.0 cm³/mol. The highest BCUT2D eigenvalue weighted by molar-refractivity contribution is 5.95. The lowest BCUT2D eigenvalue weighted by atomic mass is 10.1. The lowest BCUT2D eigenvalue weighted by molar-refractivity contribution is 0.0951. The number of aromatic amines is 1. The molecule has 0 saturated carbocycles. The van der Waals surface area contributed by atoms with Crippen LogP contribution in [0.1, 0.15) is 27.3 Å². The van der Waals surface area contributed by atoms with Gasteiger partial charge in [-0.05, 0) is 32.0 Å².